The van der Waals surface area contributed by atoms with Crippen LogP contribution in [0.4, 0.5) is 4.39 Å². The van der Waals surface area contributed by atoms with Gasteiger partial charge in [0.15, 0.2) is 5.75 Å². The molecule has 17 heavy (non-hydrogen) atoms. The molecule has 0 radical (unpaired) electrons. The van der Waals surface area contributed by atoms with Gasteiger partial charge in [0.1, 0.15) is 5.82 Å². The highest BCUT2D eigenvalue weighted by atomic mass is 19.1. The van der Waals surface area contributed by atoms with Crippen LogP contribution in [0.25, 0.3) is 11.1 Å². The van der Waals surface area contributed by atoms with Crippen molar-refractivity contribution in [1.82, 2.24) is 0 Å². The Bertz CT molecular complexity index is 604. The number of rotatable bonds is 3. The van der Waals surface area contributed by atoms with E-state index in [1.165, 1.54) is 24.3 Å². The van der Waals surface area contributed by atoms with Gasteiger partial charge < -0.3 is 4.74 Å². The SMILES string of the molecule is CC(C)Oc1c(-c2ccc(F)cc2)c(=O)c1=O. The monoisotopic (exact) mass is 234 g/mol. The van der Waals surface area contributed by atoms with E-state index in [1.807, 2.05) is 0 Å². The highest BCUT2D eigenvalue weighted by Crippen LogP contribution is 2.26. The molecule has 2 rings (SSSR count). The summed E-state index contributed by atoms with van der Waals surface area (Å²) in [4.78, 5) is 22.8. The zero-order chi connectivity index (χ0) is 12.6. The minimum atomic E-state index is -0.613. The molecule has 0 fully saturated rings. The van der Waals surface area contributed by atoms with Gasteiger partial charge in [-0.2, -0.15) is 0 Å². The molecule has 0 aliphatic rings. The number of benzene rings is 1. The second-order valence-corrected chi connectivity index (χ2v) is 4.04. The summed E-state index contributed by atoms with van der Waals surface area (Å²) in [5.74, 6) is -0.310. The molecule has 0 aromatic heterocycles. The number of hydrogen-bond donors (Lipinski definition) is 0. The first-order chi connectivity index (χ1) is 8.00. The summed E-state index contributed by atoms with van der Waals surface area (Å²) in [6, 6.07) is 5.40. The van der Waals surface area contributed by atoms with Gasteiger partial charge >= 0.3 is 0 Å². The lowest BCUT2D eigenvalue weighted by Gasteiger charge is -2.14. The molecule has 0 heterocycles. The van der Waals surface area contributed by atoms with Gasteiger partial charge in [0, 0.05) is 0 Å². The third-order valence-corrected chi connectivity index (χ3v) is 2.35. The van der Waals surface area contributed by atoms with Crippen LogP contribution in [0, 0.1) is 5.82 Å². The second kappa shape index (κ2) is 4.13. The molecule has 0 saturated carbocycles. The summed E-state index contributed by atoms with van der Waals surface area (Å²) in [5.41, 5.74) is -0.444. The Morgan fingerprint density at radius 1 is 1.06 bits per heavy atom. The van der Waals surface area contributed by atoms with Crippen molar-refractivity contribution in [3.8, 4) is 16.9 Å². The van der Waals surface area contributed by atoms with Crippen LogP contribution >= 0.6 is 0 Å². The molecule has 0 N–H and O–H groups in total. The maximum atomic E-state index is 12.8. The normalized spacial score (nSPS) is 11.1. The molecule has 0 bridgehead atoms. The van der Waals surface area contributed by atoms with Crippen molar-refractivity contribution in [2.24, 2.45) is 0 Å². The van der Waals surface area contributed by atoms with Gasteiger partial charge in [-0.15, -0.1) is 0 Å². The van der Waals surface area contributed by atoms with Crippen LogP contribution in [0.3, 0.4) is 0 Å². The van der Waals surface area contributed by atoms with E-state index in [0.717, 1.165) is 0 Å². The highest BCUT2D eigenvalue weighted by Gasteiger charge is 2.24. The Morgan fingerprint density at radius 3 is 2.18 bits per heavy atom. The zero-order valence-corrected chi connectivity index (χ0v) is 9.49. The summed E-state index contributed by atoms with van der Waals surface area (Å²) in [6.07, 6.45) is -0.183. The fourth-order valence-electron chi connectivity index (χ4n) is 1.60. The molecule has 0 aliphatic heterocycles. The van der Waals surface area contributed by atoms with E-state index in [1.54, 1.807) is 13.8 Å². The topological polar surface area (TPSA) is 43.4 Å². The molecule has 0 amide bonds. The largest absolute Gasteiger partial charge is 0.486 e. The van der Waals surface area contributed by atoms with Crippen LogP contribution in [0.5, 0.6) is 5.75 Å². The lowest BCUT2D eigenvalue weighted by molar-refractivity contribution is 0.238. The highest BCUT2D eigenvalue weighted by molar-refractivity contribution is 5.73. The average Bonchev–Trinajstić information content (AvgIpc) is 2.30. The Kier molecular flexibility index (Phi) is 2.79. The van der Waals surface area contributed by atoms with Crippen LogP contribution in [0.2, 0.25) is 0 Å². The summed E-state index contributed by atoms with van der Waals surface area (Å²) >= 11 is 0. The van der Waals surface area contributed by atoms with Crippen LogP contribution in [-0.2, 0) is 0 Å². The molecule has 0 aliphatic carbocycles. The van der Waals surface area contributed by atoms with Crippen molar-refractivity contribution in [3.05, 3.63) is 50.5 Å². The molecular weight excluding hydrogens is 223 g/mol. The van der Waals surface area contributed by atoms with E-state index in [9.17, 15) is 14.0 Å². The fraction of sp³-hybridized carbons (Fsp3) is 0.231. The van der Waals surface area contributed by atoms with Gasteiger partial charge in [-0.25, -0.2) is 4.39 Å². The van der Waals surface area contributed by atoms with Crippen molar-refractivity contribution in [1.29, 1.82) is 0 Å². The molecule has 2 aromatic rings. The first-order valence-electron chi connectivity index (χ1n) is 5.26. The van der Waals surface area contributed by atoms with Crippen molar-refractivity contribution in [2.75, 3.05) is 0 Å². The quantitative estimate of drug-likeness (QED) is 0.761. The molecular formula is C13H11FO3. The van der Waals surface area contributed by atoms with Crippen LogP contribution in [0.1, 0.15) is 13.8 Å². The van der Waals surface area contributed by atoms with Gasteiger partial charge in [-0.05, 0) is 31.5 Å². The molecule has 4 heteroatoms. The van der Waals surface area contributed by atoms with Crippen molar-refractivity contribution in [2.45, 2.75) is 20.0 Å². The van der Waals surface area contributed by atoms with E-state index in [2.05, 4.69) is 0 Å². The zero-order valence-electron chi connectivity index (χ0n) is 9.49. The van der Waals surface area contributed by atoms with Crippen molar-refractivity contribution < 1.29 is 9.13 Å². The van der Waals surface area contributed by atoms with E-state index in [4.69, 9.17) is 4.74 Å². The predicted octanol–water partition coefficient (Wildman–Crippen LogP) is 1.88. The van der Waals surface area contributed by atoms with Gasteiger partial charge in [-0.3, -0.25) is 9.59 Å². The summed E-state index contributed by atoms with van der Waals surface area (Å²) < 4.78 is 18.0. The first kappa shape index (κ1) is 11.5. The number of ether oxygens (including phenoxy) is 1. The fourth-order valence-corrected chi connectivity index (χ4v) is 1.60. The molecule has 0 saturated heterocycles. The molecule has 88 valence electrons. The lowest BCUT2D eigenvalue weighted by Crippen LogP contribution is -2.35. The third kappa shape index (κ3) is 1.98. The Morgan fingerprint density at radius 2 is 1.65 bits per heavy atom. The average molecular weight is 234 g/mol. The Balaban J connectivity index is 2.46. The third-order valence-electron chi connectivity index (χ3n) is 2.35. The van der Waals surface area contributed by atoms with E-state index < -0.39 is 16.7 Å². The van der Waals surface area contributed by atoms with Crippen LogP contribution in [0.15, 0.2) is 33.9 Å². The number of hydrogen-bond acceptors (Lipinski definition) is 3. The smallest absolute Gasteiger partial charge is 0.268 e. The molecule has 3 nitrogen and oxygen atoms in total. The lowest BCUT2D eigenvalue weighted by atomic mass is 10.00. The van der Waals surface area contributed by atoms with E-state index in [0.29, 0.717) is 5.56 Å². The van der Waals surface area contributed by atoms with Gasteiger partial charge in [0.05, 0.1) is 11.7 Å². The maximum Gasteiger partial charge on any atom is 0.268 e. The molecule has 0 spiro atoms. The summed E-state index contributed by atoms with van der Waals surface area (Å²) in [7, 11) is 0. The molecule has 0 unspecified atom stereocenters. The van der Waals surface area contributed by atoms with Gasteiger partial charge in [0.2, 0.25) is 5.43 Å². The molecule has 2 aromatic carbocycles. The summed E-state index contributed by atoms with van der Waals surface area (Å²) in [5, 5.41) is 0. The van der Waals surface area contributed by atoms with Crippen LogP contribution in [-0.4, -0.2) is 6.10 Å². The first-order valence-corrected chi connectivity index (χ1v) is 5.26. The number of halogens is 1. The minimum absolute atomic E-state index is 0.0802. The van der Waals surface area contributed by atoms with Crippen LogP contribution < -0.4 is 15.6 Å². The van der Waals surface area contributed by atoms with E-state index in [-0.39, 0.29) is 17.4 Å². The maximum absolute atomic E-state index is 12.8. The summed E-state index contributed by atoms with van der Waals surface area (Å²) in [6.45, 7) is 3.54. The van der Waals surface area contributed by atoms with Crippen molar-refractivity contribution >= 4 is 0 Å². The van der Waals surface area contributed by atoms with E-state index >= 15 is 0 Å². The predicted molar refractivity (Wildman–Crippen MR) is 62.5 cm³/mol. The minimum Gasteiger partial charge on any atom is -0.486 e. The standard InChI is InChI=1S/C13H11FO3/c1-7(2)17-13-10(11(15)12(13)16)8-3-5-9(14)6-4-8/h3-7H,1-2H3. The van der Waals surface area contributed by atoms with Gasteiger partial charge in [0.25, 0.3) is 5.43 Å². The molecule has 0 atom stereocenters. The Labute approximate surface area is 97.2 Å². The van der Waals surface area contributed by atoms with Crippen molar-refractivity contribution in [3.63, 3.8) is 0 Å². The second-order valence-electron chi connectivity index (χ2n) is 4.04. The van der Waals surface area contributed by atoms with Gasteiger partial charge in [-0.1, -0.05) is 12.1 Å². The Hall–Kier alpha value is -1.97.